The average molecular weight is 314 g/mol. The van der Waals surface area contributed by atoms with Gasteiger partial charge in [-0.3, -0.25) is 4.90 Å². The van der Waals surface area contributed by atoms with Crippen LogP contribution in [0.5, 0.6) is 0 Å². The summed E-state index contributed by atoms with van der Waals surface area (Å²) in [5.41, 5.74) is -0.0354. The fraction of sp³-hybridized carbons (Fsp3) is 0.467. The molecule has 0 radical (unpaired) electrons. The fourth-order valence-electron chi connectivity index (χ4n) is 1.62. The van der Waals surface area contributed by atoms with Gasteiger partial charge >= 0.3 is 12.1 Å². The summed E-state index contributed by atoms with van der Waals surface area (Å²) in [5.74, 6) is -1.10. The predicted octanol–water partition coefficient (Wildman–Crippen LogP) is 3.55. The minimum Gasteiger partial charge on any atom is -0.480 e. The van der Waals surface area contributed by atoms with Gasteiger partial charge in [0.15, 0.2) is 0 Å². The van der Waals surface area contributed by atoms with Crippen molar-refractivity contribution < 1.29 is 19.4 Å². The maximum Gasteiger partial charge on any atom is 0.411 e. The Labute approximate surface area is 129 Å². The van der Waals surface area contributed by atoms with Gasteiger partial charge in [0.05, 0.1) is 6.54 Å². The van der Waals surface area contributed by atoms with Crippen molar-refractivity contribution >= 4 is 23.7 Å². The third kappa shape index (κ3) is 5.27. The Kier molecular flexibility index (Phi) is 5.61. The van der Waals surface area contributed by atoms with Gasteiger partial charge in [-0.25, -0.2) is 9.59 Å². The first kappa shape index (κ1) is 17.3. The summed E-state index contributed by atoms with van der Waals surface area (Å²) in [4.78, 5) is 24.6. The van der Waals surface area contributed by atoms with E-state index in [1.807, 2.05) is 0 Å². The molecule has 0 fully saturated rings. The third-order valence-corrected chi connectivity index (χ3v) is 3.12. The number of hydrogen-bond acceptors (Lipinski definition) is 3. The van der Waals surface area contributed by atoms with E-state index in [-0.39, 0.29) is 6.54 Å². The summed E-state index contributed by atoms with van der Waals surface area (Å²) in [6, 6.07) is 5.96. The van der Waals surface area contributed by atoms with Crippen molar-refractivity contribution in [3.63, 3.8) is 0 Å². The van der Waals surface area contributed by atoms with Gasteiger partial charge < -0.3 is 9.84 Å². The van der Waals surface area contributed by atoms with E-state index in [9.17, 15) is 9.59 Å². The van der Waals surface area contributed by atoms with E-state index < -0.39 is 23.7 Å². The number of carbonyl (C=O) groups is 2. The molecule has 1 rings (SSSR count). The molecule has 116 valence electrons. The molecular weight excluding hydrogens is 294 g/mol. The highest BCUT2D eigenvalue weighted by atomic mass is 35.5. The van der Waals surface area contributed by atoms with Gasteiger partial charge in [0.25, 0.3) is 0 Å². The third-order valence-electron chi connectivity index (χ3n) is 2.75. The highest BCUT2D eigenvalue weighted by molar-refractivity contribution is 6.31. The quantitative estimate of drug-likeness (QED) is 0.923. The van der Waals surface area contributed by atoms with Crippen molar-refractivity contribution in [2.45, 2.75) is 45.9 Å². The highest BCUT2D eigenvalue weighted by Gasteiger charge is 2.30. The Morgan fingerprint density at radius 3 is 2.38 bits per heavy atom. The largest absolute Gasteiger partial charge is 0.480 e. The van der Waals surface area contributed by atoms with Crippen LogP contribution in [-0.2, 0) is 16.1 Å². The van der Waals surface area contributed by atoms with Crippen molar-refractivity contribution in [2.75, 3.05) is 0 Å². The predicted molar refractivity (Wildman–Crippen MR) is 80.3 cm³/mol. The van der Waals surface area contributed by atoms with Gasteiger partial charge in [0.1, 0.15) is 11.6 Å². The number of carboxylic acids is 1. The Bertz CT molecular complexity index is 525. The molecule has 1 aromatic carbocycles. The lowest BCUT2D eigenvalue weighted by molar-refractivity contribution is -0.142. The smallest absolute Gasteiger partial charge is 0.411 e. The Balaban J connectivity index is 3.01. The number of carboxylic acid groups (broad SMARTS) is 1. The molecule has 0 aromatic heterocycles. The summed E-state index contributed by atoms with van der Waals surface area (Å²) in [6.45, 7) is 6.68. The van der Waals surface area contributed by atoms with Crippen molar-refractivity contribution in [3.05, 3.63) is 34.9 Å². The van der Waals surface area contributed by atoms with Gasteiger partial charge in [-0.15, -0.1) is 0 Å². The molecule has 1 aromatic rings. The second-order valence-corrected chi connectivity index (χ2v) is 6.12. The van der Waals surface area contributed by atoms with Crippen LogP contribution < -0.4 is 0 Å². The molecule has 0 heterocycles. The zero-order chi connectivity index (χ0) is 16.2. The zero-order valence-electron chi connectivity index (χ0n) is 12.6. The number of nitrogens with zero attached hydrogens (tertiary/aromatic N) is 1. The van der Waals surface area contributed by atoms with Gasteiger partial charge in [-0.1, -0.05) is 29.8 Å². The van der Waals surface area contributed by atoms with E-state index >= 15 is 0 Å². The summed E-state index contributed by atoms with van der Waals surface area (Å²) in [7, 11) is 0. The number of amides is 1. The standard InChI is InChI=1S/C15H20ClNO4/c1-10(13(18)19)17(14(20)21-15(2,3)4)9-11-7-5-6-8-12(11)16/h5-8,10H,9H2,1-4H3,(H,18,19). The number of halogens is 1. The normalized spacial score (nSPS) is 12.6. The zero-order valence-corrected chi connectivity index (χ0v) is 13.3. The average Bonchev–Trinajstić information content (AvgIpc) is 2.34. The van der Waals surface area contributed by atoms with Crippen LogP contribution in [0.4, 0.5) is 4.79 Å². The van der Waals surface area contributed by atoms with E-state index in [1.165, 1.54) is 6.92 Å². The van der Waals surface area contributed by atoms with E-state index in [0.29, 0.717) is 10.6 Å². The van der Waals surface area contributed by atoms with Crippen LogP contribution in [-0.4, -0.2) is 33.7 Å². The molecule has 6 heteroatoms. The minimum atomic E-state index is -1.10. The van der Waals surface area contributed by atoms with Crippen LogP contribution in [0.1, 0.15) is 33.3 Å². The lowest BCUT2D eigenvalue weighted by Crippen LogP contribution is -2.45. The number of ether oxygens (including phenoxy) is 1. The number of hydrogen-bond donors (Lipinski definition) is 1. The van der Waals surface area contributed by atoms with Crippen molar-refractivity contribution in [2.24, 2.45) is 0 Å². The molecule has 0 aliphatic heterocycles. The van der Waals surface area contributed by atoms with Gasteiger partial charge in [-0.2, -0.15) is 0 Å². The molecule has 1 amide bonds. The fourth-order valence-corrected chi connectivity index (χ4v) is 1.82. The number of benzene rings is 1. The second-order valence-electron chi connectivity index (χ2n) is 5.71. The molecule has 0 spiro atoms. The SMILES string of the molecule is CC(C(=O)O)N(Cc1ccccc1Cl)C(=O)OC(C)(C)C. The second kappa shape index (κ2) is 6.80. The lowest BCUT2D eigenvalue weighted by atomic mass is 10.2. The summed E-state index contributed by atoms with van der Waals surface area (Å²) < 4.78 is 5.26. The minimum absolute atomic E-state index is 0.0715. The van der Waals surface area contributed by atoms with Crippen LogP contribution >= 0.6 is 11.6 Å². The molecular formula is C15H20ClNO4. The van der Waals surface area contributed by atoms with E-state index in [4.69, 9.17) is 21.4 Å². The molecule has 0 saturated heterocycles. The van der Waals surface area contributed by atoms with E-state index in [2.05, 4.69) is 0 Å². The number of aliphatic carboxylic acids is 1. The first-order chi connectivity index (χ1) is 9.61. The molecule has 1 atom stereocenters. The molecule has 5 nitrogen and oxygen atoms in total. The van der Waals surface area contributed by atoms with Gasteiger partial charge in [0.2, 0.25) is 0 Å². The molecule has 0 bridgehead atoms. The van der Waals surface area contributed by atoms with Crippen LogP contribution in [0.2, 0.25) is 5.02 Å². The molecule has 1 N–H and O–H groups in total. The maximum atomic E-state index is 12.2. The number of rotatable bonds is 4. The first-order valence-electron chi connectivity index (χ1n) is 6.57. The van der Waals surface area contributed by atoms with E-state index in [1.54, 1.807) is 45.0 Å². The molecule has 1 unspecified atom stereocenters. The summed E-state index contributed by atoms with van der Waals surface area (Å²) >= 11 is 6.06. The summed E-state index contributed by atoms with van der Waals surface area (Å²) in [5, 5.41) is 9.64. The molecule has 21 heavy (non-hydrogen) atoms. The molecule has 0 aliphatic rings. The number of carbonyl (C=O) groups excluding carboxylic acids is 1. The maximum absolute atomic E-state index is 12.2. The van der Waals surface area contributed by atoms with Crippen LogP contribution in [0.3, 0.4) is 0 Å². The Morgan fingerprint density at radius 1 is 1.33 bits per heavy atom. The monoisotopic (exact) mass is 313 g/mol. The van der Waals surface area contributed by atoms with Gasteiger partial charge in [0, 0.05) is 5.02 Å². The van der Waals surface area contributed by atoms with E-state index in [0.717, 1.165) is 4.90 Å². The topological polar surface area (TPSA) is 66.8 Å². The highest BCUT2D eigenvalue weighted by Crippen LogP contribution is 2.20. The van der Waals surface area contributed by atoms with Crippen LogP contribution in [0.25, 0.3) is 0 Å². The lowest BCUT2D eigenvalue weighted by Gasteiger charge is -2.30. The Morgan fingerprint density at radius 2 is 1.90 bits per heavy atom. The van der Waals surface area contributed by atoms with Crippen molar-refractivity contribution in [3.8, 4) is 0 Å². The van der Waals surface area contributed by atoms with Gasteiger partial charge in [-0.05, 0) is 39.3 Å². The summed E-state index contributed by atoms with van der Waals surface area (Å²) in [6.07, 6.45) is -0.683. The van der Waals surface area contributed by atoms with Crippen molar-refractivity contribution in [1.29, 1.82) is 0 Å². The Hall–Kier alpha value is -1.75. The van der Waals surface area contributed by atoms with Crippen LogP contribution in [0.15, 0.2) is 24.3 Å². The first-order valence-corrected chi connectivity index (χ1v) is 6.95. The van der Waals surface area contributed by atoms with Crippen molar-refractivity contribution in [1.82, 2.24) is 4.90 Å². The molecule has 0 aliphatic carbocycles. The van der Waals surface area contributed by atoms with Crippen LogP contribution in [0, 0.1) is 0 Å². The molecule has 0 saturated carbocycles.